The molecule has 0 spiro atoms. The lowest BCUT2D eigenvalue weighted by Gasteiger charge is -2.19. The van der Waals surface area contributed by atoms with Gasteiger partial charge in [-0.3, -0.25) is 0 Å². The molecule has 0 atom stereocenters. The summed E-state index contributed by atoms with van der Waals surface area (Å²) in [5.74, 6) is 0.772. The Morgan fingerprint density at radius 1 is 0.490 bits per heavy atom. The van der Waals surface area contributed by atoms with E-state index < -0.39 is 0 Å². The van der Waals surface area contributed by atoms with Crippen molar-refractivity contribution in [1.82, 2.24) is 0 Å². The normalized spacial score (nSPS) is 12.0. The van der Waals surface area contributed by atoms with Crippen molar-refractivity contribution in [3.05, 3.63) is 170 Å². The molecule has 2 aromatic heterocycles. The third-order valence-electron chi connectivity index (χ3n) is 10.3. The Labute approximate surface area is 295 Å². The van der Waals surface area contributed by atoms with E-state index in [1.54, 1.807) is 0 Å². The molecule has 0 N–H and O–H groups in total. The van der Waals surface area contributed by atoms with E-state index in [-0.39, 0.29) is 0 Å². The number of allylic oxidation sites excluding steroid dienone is 1. The van der Waals surface area contributed by atoms with E-state index in [2.05, 4.69) is 140 Å². The first-order chi connectivity index (χ1) is 25.2. The fraction of sp³-hybridized carbons (Fsp3) is 0.0204. The smallest absolute Gasteiger partial charge is 0.147 e. The predicted octanol–water partition coefficient (Wildman–Crippen LogP) is 14.5. The van der Waals surface area contributed by atoms with Crippen LogP contribution in [0.2, 0.25) is 0 Å². The highest BCUT2D eigenvalue weighted by molar-refractivity contribution is 6.24. The van der Waals surface area contributed by atoms with E-state index >= 15 is 0 Å². The summed E-state index contributed by atoms with van der Waals surface area (Å²) in [6.45, 7) is 6.18. The minimum Gasteiger partial charge on any atom is -0.455 e. The van der Waals surface area contributed by atoms with Crippen LogP contribution in [0.1, 0.15) is 18.2 Å². The minimum atomic E-state index is 0.772. The van der Waals surface area contributed by atoms with Crippen LogP contribution in [0.25, 0.3) is 111 Å². The molecular weight excluding hydrogens is 621 g/mol. The molecule has 0 aliphatic rings. The SMILES string of the molecule is C=Cc1c(/C=C\C)oc2c(-c3cccc(-c4c5ccccc5c(-c5cccc6ccccc56)c5ccccc45)c3)cc3c4ccccc4oc3c12. The molecule has 0 saturated heterocycles. The Bertz CT molecular complexity index is 2990. The molecule has 0 aliphatic heterocycles. The largest absolute Gasteiger partial charge is 0.455 e. The average Bonchev–Trinajstić information content (AvgIpc) is 3.74. The van der Waals surface area contributed by atoms with Crippen LogP contribution in [0.15, 0.2) is 167 Å². The molecule has 0 radical (unpaired) electrons. The summed E-state index contributed by atoms with van der Waals surface area (Å²) in [4.78, 5) is 0. The Balaban J connectivity index is 1.28. The Morgan fingerprint density at radius 2 is 1.10 bits per heavy atom. The Morgan fingerprint density at radius 3 is 1.82 bits per heavy atom. The third kappa shape index (κ3) is 4.36. The van der Waals surface area contributed by atoms with Crippen molar-refractivity contribution < 1.29 is 8.83 Å². The predicted molar refractivity (Wildman–Crippen MR) is 217 cm³/mol. The summed E-state index contributed by atoms with van der Waals surface area (Å²) in [5, 5.41) is 10.5. The van der Waals surface area contributed by atoms with Gasteiger partial charge in [0, 0.05) is 21.9 Å². The summed E-state index contributed by atoms with van der Waals surface area (Å²) in [5.41, 5.74) is 10.4. The molecule has 0 amide bonds. The van der Waals surface area contributed by atoms with Crippen LogP contribution in [0.3, 0.4) is 0 Å². The third-order valence-corrected chi connectivity index (χ3v) is 10.3. The number of fused-ring (bicyclic) bond motifs is 8. The fourth-order valence-electron chi connectivity index (χ4n) is 8.19. The van der Waals surface area contributed by atoms with Crippen LogP contribution in [-0.2, 0) is 0 Å². The van der Waals surface area contributed by atoms with Gasteiger partial charge in [0.15, 0.2) is 0 Å². The van der Waals surface area contributed by atoms with Crippen molar-refractivity contribution in [1.29, 1.82) is 0 Å². The summed E-state index contributed by atoms with van der Waals surface area (Å²) in [6, 6.07) is 52.4. The quantitative estimate of drug-likeness (QED) is 0.173. The van der Waals surface area contributed by atoms with E-state index in [9.17, 15) is 0 Å². The van der Waals surface area contributed by atoms with Gasteiger partial charge in [-0.15, -0.1) is 0 Å². The second kappa shape index (κ2) is 11.5. The van der Waals surface area contributed by atoms with Crippen molar-refractivity contribution >= 4 is 77.4 Å². The molecule has 0 aliphatic carbocycles. The monoisotopic (exact) mass is 652 g/mol. The molecule has 0 bridgehead atoms. The summed E-state index contributed by atoms with van der Waals surface area (Å²) >= 11 is 0. The van der Waals surface area contributed by atoms with Crippen molar-refractivity contribution in [3.8, 4) is 33.4 Å². The molecule has 0 fully saturated rings. The molecular formula is C49H32O2. The van der Waals surface area contributed by atoms with Crippen molar-refractivity contribution in [2.45, 2.75) is 6.92 Å². The van der Waals surface area contributed by atoms with Crippen molar-refractivity contribution in [2.75, 3.05) is 0 Å². The van der Waals surface area contributed by atoms with Gasteiger partial charge >= 0.3 is 0 Å². The molecule has 0 saturated carbocycles. The highest BCUT2D eigenvalue weighted by atomic mass is 16.3. The number of benzene rings is 8. The van der Waals surface area contributed by atoms with E-state index in [4.69, 9.17) is 8.83 Å². The van der Waals surface area contributed by atoms with Gasteiger partial charge in [0.2, 0.25) is 0 Å². The maximum Gasteiger partial charge on any atom is 0.147 e. The van der Waals surface area contributed by atoms with Gasteiger partial charge in [0.25, 0.3) is 0 Å². The molecule has 2 heteroatoms. The molecule has 2 nitrogen and oxygen atoms in total. The molecule has 10 aromatic rings. The van der Waals surface area contributed by atoms with Gasteiger partial charge in [-0.2, -0.15) is 0 Å². The highest BCUT2D eigenvalue weighted by Crippen LogP contribution is 2.47. The Hall–Kier alpha value is -6.64. The van der Waals surface area contributed by atoms with Gasteiger partial charge in [-0.25, -0.2) is 0 Å². The highest BCUT2D eigenvalue weighted by Gasteiger charge is 2.23. The van der Waals surface area contributed by atoms with Crippen LogP contribution in [0.4, 0.5) is 0 Å². The molecule has 0 unspecified atom stereocenters. The standard InChI is InChI=1S/C49H32O2/c1-3-15-43-33(4-2)47-48(50-43)41(29-42-35-21-11-12-27-44(35)51-49(42)47)31-18-13-19-32(28-31)45-37-22-7-9-24-39(37)46(40-25-10-8-23-38(40)45)36-26-14-17-30-16-5-6-20-34(30)36/h3-29H,2H2,1H3/b15-3-. The van der Waals surface area contributed by atoms with Gasteiger partial charge in [-0.05, 0) is 91.3 Å². The Kier molecular flexibility index (Phi) is 6.59. The first-order valence-electron chi connectivity index (χ1n) is 17.4. The van der Waals surface area contributed by atoms with E-state index in [0.29, 0.717) is 0 Å². The molecule has 240 valence electrons. The van der Waals surface area contributed by atoms with Crippen LogP contribution >= 0.6 is 0 Å². The summed E-state index contributed by atoms with van der Waals surface area (Å²) in [6.07, 6.45) is 5.88. The lowest BCUT2D eigenvalue weighted by Crippen LogP contribution is -1.92. The van der Waals surface area contributed by atoms with E-state index in [0.717, 1.165) is 60.9 Å². The maximum absolute atomic E-state index is 6.69. The van der Waals surface area contributed by atoms with Crippen LogP contribution in [-0.4, -0.2) is 0 Å². The minimum absolute atomic E-state index is 0.772. The average molecular weight is 653 g/mol. The number of hydrogen-bond acceptors (Lipinski definition) is 2. The van der Waals surface area contributed by atoms with Crippen molar-refractivity contribution in [2.24, 2.45) is 0 Å². The van der Waals surface area contributed by atoms with Crippen molar-refractivity contribution in [3.63, 3.8) is 0 Å². The van der Waals surface area contributed by atoms with Gasteiger partial charge in [-0.1, -0.05) is 146 Å². The van der Waals surface area contributed by atoms with Gasteiger partial charge in [0.05, 0.1) is 5.39 Å². The number of rotatable bonds is 5. The summed E-state index contributed by atoms with van der Waals surface area (Å²) in [7, 11) is 0. The second-order valence-corrected chi connectivity index (χ2v) is 13.1. The summed E-state index contributed by atoms with van der Waals surface area (Å²) < 4.78 is 13.2. The van der Waals surface area contributed by atoms with Crippen LogP contribution < -0.4 is 0 Å². The first kappa shape index (κ1) is 29.3. The van der Waals surface area contributed by atoms with Crippen LogP contribution in [0, 0.1) is 0 Å². The zero-order valence-corrected chi connectivity index (χ0v) is 28.1. The lowest BCUT2D eigenvalue weighted by atomic mass is 9.84. The van der Waals surface area contributed by atoms with Gasteiger partial charge < -0.3 is 8.83 Å². The zero-order valence-electron chi connectivity index (χ0n) is 28.1. The fourth-order valence-corrected chi connectivity index (χ4v) is 8.19. The molecule has 51 heavy (non-hydrogen) atoms. The topological polar surface area (TPSA) is 26.3 Å². The van der Waals surface area contributed by atoms with Gasteiger partial charge in [0.1, 0.15) is 22.5 Å². The number of para-hydroxylation sites is 1. The second-order valence-electron chi connectivity index (χ2n) is 13.1. The first-order valence-corrected chi connectivity index (χ1v) is 17.4. The maximum atomic E-state index is 6.69. The lowest BCUT2D eigenvalue weighted by molar-refractivity contribution is 0.604. The molecule has 8 aromatic carbocycles. The van der Waals surface area contributed by atoms with E-state index in [1.807, 2.05) is 37.3 Å². The van der Waals surface area contributed by atoms with Crippen LogP contribution in [0.5, 0.6) is 0 Å². The molecule has 2 heterocycles. The zero-order chi connectivity index (χ0) is 34.1. The number of hydrogen-bond donors (Lipinski definition) is 0. The van der Waals surface area contributed by atoms with E-state index in [1.165, 1.54) is 49.0 Å². The number of furan rings is 2. The molecule has 10 rings (SSSR count).